The molecule has 0 spiro atoms. The van der Waals surface area contributed by atoms with Crippen molar-refractivity contribution in [3.63, 3.8) is 0 Å². The van der Waals surface area contributed by atoms with Gasteiger partial charge in [0.1, 0.15) is 17.1 Å². The smallest absolute Gasteiger partial charge is 0.261 e. The molecule has 1 N–H and O–H groups in total. The van der Waals surface area contributed by atoms with Gasteiger partial charge >= 0.3 is 0 Å². The van der Waals surface area contributed by atoms with Crippen LogP contribution in [0.15, 0.2) is 48.5 Å². The second kappa shape index (κ2) is 8.87. The van der Waals surface area contributed by atoms with Crippen molar-refractivity contribution in [1.82, 2.24) is 5.32 Å². The molecule has 2 unspecified atom stereocenters. The maximum atomic E-state index is 13.0. The lowest BCUT2D eigenvalue weighted by Crippen LogP contribution is -2.47. The van der Waals surface area contributed by atoms with Crippen molar-refractivity contribution in [2.45, 2.75) is 64.2 Å². The first kappa shape index (κ1) is 20.5. The van der Waals surface area contributed by atoms with Crippen LogP contribution >= 0.6 is 11.6 Å². The number of benzene rings is 2. The minimum Gasteiger partial charge on any atom is -0.487 e. The van der Waals surface area contributed by atoms with Gasteiger partial charge in [-0.15, -0.1) is 0 Å². The molecule has 0 aliphatic carbocycles. The van der Waals surface area contributed by atoms with Gasteiger partial charge in [0.25, 0.3) is 5.91 Å². The molecule has 3 rings (SSSR count). The van der Waals surface area contributed by atoms with Gasteiger partial charge in [-0.1, -0.05) is 50.6 Å². The molecule has 0 saturated carbocycles. The molecule has 4 nitrogen and oxygen atoms in total. The fourth-order valence-corrected chi connectivity index (χ4v) is 3.82. The highest BCUT2D eigenvalue weighted by Gasteiger charge is 2.39. The highest BCUT2D eigenvalue weighted by atomic mass is 35.5. The van der Waals surface area contributed by atoms with Gasteiger partial charge in [0.15, 0.2) is 6.10 Å². The number of nitrogens with one attached hydrogen (secondary N) is 1. The van der Waals surface area contributed by atoms with Crippen molar-refractivity contribution in [2.24, 2.45) is 0 Å². The first-order valence-corrected chi connectivity index (χ1v) is 10.4. The number of carbonyl (C=O) groups is 1. The summed E-state index contributed by atoms with van der Waals surface area (Å²) in [4.78, 5) is 13.0. The molecule has 1 amide bonds. The molecule has 1 aliphatic heterocycles. The summed E-state index contributed by atoms with van der Waals surface area (Å²) >= 11 is 5.93. The van der Waals surface area contributed by atoms with Crippen LogP contribution in [-0.2, 0) is 4.79 Å². The van der Waals surface area contributed by atoms with Gasteiger partial charge in [0.2, 0.25) is 0 Å². The van der Waals surface area contributed by atoms with Crippen molar-refractivity contribution in [2.75, 3.05) is 0 Å². The SMILES string of the molecule is CCC(Oc1ccc(Cl)cc1)C(=O)NC1CC(CC)(CC)Oc2ccccc21. The van der Waals surface area contributed by atoms with E-state index in [1.807, 2.05) is 31.2 Å². The standard InChI is InChI=1S/C23H28ClNO3/c1-4-20(27-17-13-11-16(24)12-14-17)22(26)25-19-15-23(5-2,6-3)28-21-10-8-7-9-18(19)21/h7-14,19-20H,4-6,15H2,1-3H3,(H,25,26). The fraction of sp³-hybridized carbons (Fsp3) is 0.435. The highest BCUT2D eigenvalue weighted by Crippen LogP contribution is 2.42. The van der Waals surface area contributed by atoms with E-state index in [1.54, 1.807) is 24.3 Å². The molecule has 28 heavy (non-hydrogen) atoms. The number of hydrogen-bond acceptors (Lipinski definition) is 3. The Labute approximate surface area is 172 Å². The van der Waals surface area contributed by atoms with Crippen LogP contribution < -0.4 is 14.8 Å². The summed E-state index contributed by atoms with van der Waals surface area (Å²) in [6.07, 6.45) is 2.55. The van der Waals surface area contributed by atoms with Crippen LogP contribution in [0.25, 0.3) is 0 Å². The second-order valence-corrected chi connectivity index (χ2v) is 7.70. The number of ether oxygens (including phenoxy) is 2. The van der Waals surface area contributed by atoms with Gasteiger partial charge < -0.3 is 14.8 Å². The Morgan fingerprint density at radius 1 is 1.18 bits per heavy atom. The quantitative estimate of drug-likeness (QED) is 0.647. The maximum Gasteiger partial charge on any atom is 0.261 e. The van der Waals surface area contributed by atoms with E-state index in [1.165, 1.54) is 0 Å². The summed E-state index contributed by atoms with van der Waals surface area (Å²) in [6, 6.07) is 14.9. The van der Waals surface area contributed by atoms with E-state index in [9.17, 15) is 4.79 Å². The minimum absolute atomic E-state index is 0.0970. The molecule has 0 fully saturated rings. The highest BCUT2D eigenvalue weighted by molar-refractivity contribution is 6.30. The van der Waals surface area contributed by atoms with Crippen LogP contribution in [0.5, 0.6) is 11.5 Å². The fourth-order valence-electron chi connectivity index (χ4n) is 3.69. The Kier molecular flexibility index (Phi) is 6.50. The first-order chi connectivity index (χ1) is 13.5. The summed E-state index contributed by atoms with van der Waals surface area (Å²) < 4.78 is 12.2. The van der Waals surface area contributed by atoms with Gasteiger partial charge in [-0.05, 0) is 49.6 Å². The monoisotopic (exact) mass is 401 g/mol. The first-order valence-electron chi connectivity index (χ1n) is 10.0. The van der Waals surface area contributed by atoms with Crippen molar-refractivity contribution >= 4 is 17.5 Å². The number of halogens is 1. The van der Waals surface area contributed by atoms with E-state index in [0.717, 1.165) is 30.6 Å². The molecular weight excluding hydrogens is 374 g/mol. The van der Waals surface area contributed by atoms with E-state index in [-0.39, 0.29) is 17.6 Å². The topological polar surface area (TPSA) is 47.6 Å². The molecule has 0 bridgehead atoms. The number of amides is 1. The predicted molar refractivity (Wildman–Crippen MR) is 112 cm³/mol. The van der Waals surface area contributed by atoms with E-state index >= 15 is 0 Å². The summed E-state index contributed by atoms with van der Waals surface area (Å²) in [5, 5.41) is 3.85. The van der Waals surface area contributed by atoms with Crippen LogP contribution in [0, 0.1) is 0 Å². The van der Waals surface area contributed by atoms with E-state index in [2.05, 4.69) is 19.2 Å². The molecule has 1 aliphatic rings. The number of para-hydroxylation sites is 1. The molecular formula is C23H28ClNO3. The Morgan fingerprint density at radius 3 is 2.50 bits per heavy atom. The zero-order valence-corrected chi connectivity index (χ0v) is 17.5. The third kappa shape index (κ3) is 4.44. The third-order valence-corrected chi connectivity index (χ3v) is 5.81. The van der Waals surface area contributed by atoms with Crippen LogP contribution in [0.1, 0.15) is 58.1 Å². The summed E-state index contributed by atoms with van der Waals surface area (Å²) in [6.45, 7) is 6.21. The molecule has 150 valence electrons. The van der Waals surface area contributed by atoms with Crippen LogP contribution in [0.2, 0.25) is 5.02 Å². The lowest BCUT2D eigenvalue weighted by Gasteiger charge is -2.42. The van der Waals surface area contributed by atoms with E-state index < -0.39 is 6.10 Å². The predicted octanol–water partition coefficient (Wildman–Crippen LogP) is 5.70. The lowest BCUT2D eigenvalue weighted by molar-refractivity contribution is -0.129. The van der Waals surface area contributed by atoms with E-state index in [4.69, 9.17) is 21.1 Å². The van der Waals surface area contributed by atoms with Crippen LogP contribution in [0.3, 0.4) is 0 Å². The molecule has 5 heteroatoms. The average molecular weight is 402 g/mol. The summed E-state index contributed by atoms with van der Waals surface area (Å²) in [5.74, 6) is 1.38. The van der Waals surface area contributed by atoms with Crippen LogP contribution in [-0.4, -0.2) is 17.6 Å². The van der Waals surface area contributed by atoms with Gasteiger partial charge in [-0.2, -0.15) is 0 Å². The minimum atomic E-state index is -0.561. The molecule has 0 radical (unpaired) electrons. The Balaban J connectivity index is 1.78. The number of carbonyl (C=O) groups excluding carboxylic acids is 1. The van der Waals surface area contributed by atoms with Crippen molar-refractivity contribution in [3.05, 3.63) is 59.1 Å². The van der Waals surface area contributed by atoms with Gasteiger partial charge in [-0.3, -0.25) is 4.79 Å². The van der Waals surface area contributed by atoms with E-state index in [0.29, 0.717) is 17.2 Å². The van der Waals surface area contributed by atoms with Gasteiger partial charge in [0, 0.05) is 17.0 Å². The molecule has 1 heterocycles. The summed E-state index contributed by atoms with van der Waals surface area (Å²) in [5.41, 5.74) is 0.764. The Morgan fingerprint density at radius 2 is 1.86 bits per heavy atom. The summed E-state index contributed by atoms with van der Waals surface area (Å²) in [7, 11) is 0. The normalized spacial score (nSPS) is 18.5. The number of fused-ring (bicyclic) bond motifs is 1. The van der Waals surface area contributed by atoms with Gasteiger partial charge in [0.05, 0.1) is 6.04 Å². The molecule has 0 saturated heterocycles. The van der Waals surface area contributed by atoms with Gasteiger partial charge in [-0.25, -0.2) is 0 Å². The molecule has 0 aromatic heterocycles. The number of rotatable bonds is 7. The molecule has 2 aromatic carbocycles. The Bertz CT molecular complexity index is 802. The lowest BCUT2D eigenvalue weighted by atomic mass is 9.83. The Hall–Kier alpha value is -2.20. The van der Waals surface area contributed by atoms with Crippen molar-refractivity contribution in [3.8, 4) is 11.5 Å². The van der Waals surface area contributed by atoms with Crippen molar-refractivity contribution < 1.29 is 14.3 Å². The average Bonchev–Trinajstić information content (AvgIpc) is 2.73. The maximum absolute atomic E-state index is 13.0. The molecule has 2 atom stereocenters. The zero-order valence-electron chi connectivity index (χ0n) is 16.7. The second-order valence-electron chi connectivity index (χ2n) is 7.26. The van der Waals surface area contributed by atoms with Crippen LogP contribution in [0.4, 0.5) is 0 Å². The largest absolute Gasteiger partial charge is 0.487 e. The molecule has 2 aromatic rings. The van der Waals surface area contributed by atoms with Crippen molar-refractivity contribution in [1.29, 1.82) is 0 Å². The zero-order chi connectivity index (χ0) is 20.1. The number of hydrogen-bond donors (Lipinski definition) is 1. The third-order valence-electron chi connectivity index (χ3n) is 5.56.